The second-order valence-corrected chi connectivity index (χ2v) is 66.8. The zero-order valence-corrected chi connectivity index (χ0v) is 113. The Labute approximate surface area is 1010 Å². The average Bonchev–Trinajstić information content (AvgIpc) is 1.68. The van der Waals surface area contributed by atoms with Crippen LogP contribution >= 0.6 is 0 Å². The van der Waals surface area contributed by atoms with Crippen LogP contribution < -0.4 is 48.1 Å². The fraction of sp³-hybridized carbons (Fsp3) is 0.458. The van der Waals surface area contributed by atoms with Gasteiger partial charge < -0.3 is 93.6 Å². The van der Waals surface area contributed by atoms with Crippen molar-refractivity contribution in [3.63, 3.8) is 0 Å². The summed E-state index contributed by atoms with van der Waals surface area (Å²) in [4.78, 5) is 24.6. The molecule has 0 bridgehead atoms. The number of nitrogens with one attached hydrogen (secondary N) is 4. The second kappa shape index (κ2) is 76.5. The number of azide groups is 1. The van der Waals surface area contributed by atoms with Gasteiger partial charge in [-0.25, -0.2) is 0 Å². The molecular weight excluding hydrogens is 2760 g/mol. The van der Waals surface area contributed by atoms with E-state index < -0.39 is 66.5 Å². The van der Waals surface area contributed by atoms with Crippen LogP contribution in [0.1, 0.15) is 66.0 Å². The van der Waals surface area contributed by atoms with Gasteiger partial charge in [0.2, 0.25) is 0 Å². The van der Waals surface area contributed by atoms with Crippen molar-refractivity contribution in [1.82, 2.24) is 0 Å². The smallest absolute Gasteiger partial charge is 1.00 e. The van der Waals surface area contributed by atoms with E-state index in [1.54, 1.807) is 0 Å². The number of benzene rings is 7. The topological polar surface area (TPSA) is 331 Å². The van der Waals surface area contributed by atoms with E-state index in [1.165, 1.54) is 60.5 Å². The van der Waals surface area contributed by atoms with Gasteiger partial charge in [0.1, 0.15) is 24.6 Å². The van der Waals surface area contributed by atoms with Crippen LogP contribution in [0.5, 0.6) is 0 Å². The van der Waals surface area contributed by atoms with Gasteiger partial charge in [0.05, 0.1) is 112 Å². The monoisotopic (exact) mass is 2910 g/mol. The average molecular weight is 2920 g/mol. The normalized spacial score (nSPS) is 17.2. The SMILES string of the molecule is C1O[C@H]1[C@H]1CO1.C=CC[Si](C)(C)c1cc[c-]cc1.C=CC[Si](C)(C)c1ccc(CC(N=[N+]=[N-])C2CO2)cc1.C=CC[Si](C)(C)c1ccc(C[C@@H](O)[C@H]2CO2)cc1.C=CC[Si](C)(C)c1ccc(C[C@H]([NH-])/C=C\CCO)cc1.C=CC[Si](C)(C)c1ccc(C[C@H]([NH-])C(=O)OC)cc1.C=CC[Si](C)(C)c1ccc(C[C@H]([NH-])C=O)cc1.CCCCO.[Ac].[Ac].[Ac].[Ac].[Br-].[Mg+2].[NH-][C@@H](Cc1ccccc1)C1OC1CCO. The van der Waals surface area contributed by atoms with Crippen molar-refractivity contribution in [2.45, 2.75) is 259 Å². The molecule has 31 heteroatoms. The van der Waals surface area contributed by atoms with E-state index in [9.17, 15) is 14.7 Å². The maximum Gasteiger partial charge on any atom is 2.00 e. The number of carbonyl (C=O) groups is 2. The van der Waals surface area contributed by atoms with E-state index in [2.05, 4.69) is 255 Å². The molecule has 742 valence electrons. The number of rotatable bonds is 44. The number of carbonyl (C=O) groups excluding carboxylic acids is 2. The third-order valence-corrected chi connectivity index (χ3v) is 43.0. The Hall–Kier alpha value is -1.04. The number of unbranched alkanes of at least 4 members (excludes halogenated alkanes) is 1. The molecule has 12 atom stereocenters. The van der Waals surface area contributed by atoms with E-state index in [0.29, 0.717) is 70.4 Å². The Morgan fingerprint density at radius 3 is 1.12 bits per heavy atom. The molecule has 0 amide bonds. The summed E-state index contributed by atoms with van der Waals surface area (Å²) in [5.41, 5.74) is 46.4. The summed E-state index contributed by atoms with van der Waals surface area (Å²) < 4.78 is 30.1. The zero-order valence-electron chi connectivity index (χ0n) is 85.2. The molecule has 0 aliphatic carbocycles. The molecule has 5 fully saturated rings. The molecule has 5 aliphatic rings. The van der Waals surface area contributed by atoms with Gasteiger partial charge in [-0.1, -0.05) is 323 Å². The zero-order chi connectivity index (χ0) is 97.9. The molecule has 7 aromatic rings. The summed E-state index contributed by atoms with van der Waals surface area (Å²) in [5.74, 6) is -0.481. The van der Waals surface area contributed by atoms with Gasteiger partial charge in [0, 0.05) is 207 Å². The molecule has 8 N–H and O–H groups in total. The predicted molar refractivity (Wildman–Crippen MR) is 576 cm³/mol. The summed E-state index contributed by atoms with van der Waals surface area (Å²) >= 11 is 0. The van der Waals surface area contributed by atoms with Crippen molar-refractivity contribution in [2.24, 2.45) is 5.11 Å². The van der Waals surface area contributed by atoms with E-state index in [0.717, 1.165) is 92.7 Å². The fourth-order valence-corrected chi connectivity index (χ4v) is 26.8. The molecule has 4 radical (unpaired) electrons. The minimum Gasteiger partial charge on any atom is -1.00 e. The third kappa shape index (κ3) is 58.2. The van der Waals surface area contributed by atoms with E-state index >= 15 is 0 Å². The van der Waals surface area contributed by atoms with Gasteiger partial charge >= 0.3 is 23.1 Å². The summed E-state index contributed by atoms with van der Waals surface area (Å²) in [6, 6.07) is 68.7. The molecule has 0 saturated carbocycles. The Balaban J connectivity index is -0.00000150. The number of epoxide rings is 5. The summed E-state index contributed by atoms with van der Waals surface area (Å²) in [5, 5.41) is 47.7. The van der Waals surface area contributed by atoms with Crippen molar-refractivity contribution in [1.29, 1.82) is 0 Å². The molecule has 5 aliphatic heterocycles. The second-order valence-electron chi connectivity index (χ2n) is 38.3. The number of nitrogens with zero attached hydrogens (tertiary/aromatic N) is 3. The predicted octanol–water partition coefficient (Wildman–Crippen LogP) is 16.6. The van der Waals surface area contributed by atoms with Gasteiger partial charge in [-0.15, -0.1) is 57.6 Å². The van der Waals surface area contributed by atoms with Crippen LogP contribution in [0.25, 0.3) is 33.4 Å². The number of aliphatic hydroxyl groups is 4. The molecule has 0 aromatic heterocycles. The number of hydrogen-bond acceptors (Lipinski definition) is 13. The van der Waals surface area contributed by atoms with Gasteiger partial charge in [-0.2, -0.15) is 35.5 Å². The molecule has 5 heterocycles. The molecule has 0 spiro atoms. The van der Waals surface area contributed by atoms with Crippen LogP contribution in [0.3, 0.4) is 0 Å². The van der Waals surface area contributed by atoms with Crippen LogP contribution in [0.4, 0.5) is 0 Å². The quantitative estimate of drug-likeness (QED) is 0.00319. The van der Waals surface area contributed by atoms with Crippen molar-refractivity contribution in [2.75, 3.05) is 53.4 Å². The van der Waals surface area contributed by atoms with E-state index in [1.807, 2.05) is 115 Å². The van der Waals surface area contributed by atoms with E-state index in [4.69, 9.17) is 67.5 Å². The first-order valence-electron chi connectivity index (χ1n) is 46.7. The van der Waals surface area contributed by atoms with Crippen molar-refractivity contribution in [3.05, 3.63) is 337 Å². The first-order valence-corrected chi connectivity index (χ1v) is 65.9. The van der Waals surface area contributed by atoms with Crippen LogP contribution in [0, 0.1) is 182 Å². The summed E-state index contributed by atoms with van der Waals surface area (Å²) in [6.07, 6.45) is 24.6. The number of aliphatic hydroxyl groups excluding tert-OH is 4. The summed E-state index contributed by atoms with van der Waals surface area (Å²) in [7, 11) is -6.84. The number of allylic oxidation sites excluding steroid dienone is 6. The van der Waals surface area contributed by atoms with Crippen LogP contribution in [0.15, 0.2) is 269 Å². The molecular formula is C107H158Ac4BrMgN7O12Si6-4. The van der Waals surface area contributed by atoms with Gasteiger partial charge in [-0.05, 0) is 133 Å². The number of methoxy groups -OCH3 is 1. The number of aldehydes is 1. The molecule has 5 saturated heterocycles. The maximum atomic E-state index is 11.2. The van der Waals surface area contributed by atoms with Crippen molar-refractivity contribution < 1.29 is 252 Å². The Bertz CT molecular complexity index is 4560. The number of hydrogen-bond donors (Lipinski definition) is 4. The Kier molecular flexibility index (Phi) is 78.2. The van der Waals surface area contributed by atoms with Crippen LogP contribution in [-0.4, -0.2) is 230 Å². The van der Waals surface area contributed by atoms with E-state index in [-0.39, 0.29) is 278 Å². The first kappa shape index (κ1) is 141. The maximum absolute atomic E-state index is 11.2. The molecule has 19 nitrogen and oxygen atoms in total. The standard InChI is InChI=1S/C17H26NOSi.C15H21N3OSi.C15H22NO2Si.C15H22O2Si.C14H20NOSi.C12H16NO2.C11H15Si.C4H6O2.C4H10O.4Ac.BrH.Mg/c1-4-13-20(2,3)17-10-8-15(9-11-17)14-16(18)7-5-6-12-19;1-4-9-20(2,3)13-7-5-12(6-8-13)10-14(17-18-16)15-11-19-15;1-5-10-19(3,4)13-8-6-12(7-9-13)11-14(16)15(17)18-2;1-4-9-18(2,3)13-7-5-12(6-8-13)10-14(16)15-11-17-15;1-4-9-17(2,3)14-7-5-12(6-8-14)10-13(15)11-16;13-10(12-11(15-12)6-7-14)8-9-4-2-1-3-5-9;1-4-10-12(2,3)11-8-6-5-7-9-11;1-3(5-1)4-2-6-4;1-2-3-4-5;;;;;;/h4-5,7-11,16,18-19H,1,6,12-14H2,2-3H3;4-8,14-15H,1,9-11H2,2-3H3;5-9,14,16H,1,10-11H2,2-4H3;4-8,14-16H,1,9-11H2,2-3H3;4-8,11,13,15H,1,9-10H2,2-3H3;1-5,10-14H,6-8H2;4,6-9H,1,10H2,2-3H3;3-4H,1-2H2;5H,2-4H2,1H3;;;;;1H;/q-1;;-1;;3*-1;;;;;;;;+2/p-1/b7-5-;;;;;;;;;;;;;;/t16-;;14-;14-,15-;13-;10-,11?,12?;;3-,4-;;;;;;;/m1.0100.1......./s1. The van der Waals surface area contributed by atoms with Crippen molar-refractivity contribution >= 4 is 115 Å². The van der Waals surface area contributed by atoms with Gasteiger partial charge in [0.25, 0.3) is 5.97 Å². The first-order chi connectivity index (χ1) is 62.8. The number of esters is 1. The van der Waals surface area contributed by atoms with Crippen LogP contribution in [0.2, 0.25) is 115 Å². The number of ether oxygens (including phenoxy) is 6. The van der Waals surface area contributed by atoms with Gasteiger partial charge in [-0.3, -0.25) is 4.79 Å². The summed E-state index contributed by atoms with van der Waals surface area (Å²) in [6.45, 7) is 57.1. The van der Waals surface area contributed by atoms with Crippen molar-refractivity contribution in [3.8, 4) is 0 Å². The minimum atomic E-state index is -1.43. The third-order valence-electron chi connectivity index (χ3n) is 23.8. The Morgan fingerprint density at radius 2 is 0.819 bits per heavy atom. The fourth-order valence-electron chi connectivity index (χ4n) is 14.6. The largest absolute Gasteiger partial charge is 2.00 e. The molecule has 12 rings (SSSR count). The Morgan fingerprint density at radius 1 is 0.486 bits per heavy atom. The molecule has 138 heavy (non-hydrogen) atoms. The number of halogens is 1. The van der Waals surface area contributed by atoms with Gasteiger partial charge in [0.15, 0.2) is 0 Å². The minimum absolute atomic E-state index is 0. The molecule has 4 unspecified atom stereocenters. The van der Waals surface area contributed by atoms with Crippen LogP contribution in [-0.2, 0) is 76.5 Å². The molecule has 7 aromatic carbocycles.